The third-order valence-electron chi connectivity index (χ3n) is 2.45. The lowest BCUT2D eigenvalue weighted by atomic mass is 10.2. The van der Waals surface area contributed by atoms with E-state index in [1.807, 2.05) is 0 Å². The second kappa shape index (κ2) is 6.04. The standard InChI is InChI=1S/C12H21NO5/c1-12(2,3)18-11(16)13-6-4-5-7-17-9(8-13)10(14)15/h9H,4-8H2,1-3H3,(H,14,15)/t9-/m0/s1. The van der Waals surface area contributed by atoms with Crippen molar-refractivity contribution >= 4 is 12.1 Å². The average Bonchev–Trinajstić information content (AvgIpc) is 2.12. The molecule has 0 bridgehead atoms. The number of ether oxygens (including phenoxy) is 2. The summed E-state index contributed by atoms with van der Waals surface area (Å²) in [7, 11) is 0. The number of rotatable bonds is 1. The normalized spacial score (nSPS) is 21.9. The van der Waals surface area contributed by atoms with Crippen molar-refractivity contribution in [2.45, 2.75) is 45.3 Å². The van der Waals surface area contributed by atoms with Crippen LogP contribution in [0.15, 0.2) is 0 Å². The van der Waals surface area contributed by atoms with Gasteiger partial charge in [-0.2, -0.15) is 0 Å². The predicted molar refractivity (Wildman–Crippen MR) is 64.4 cm³/mol. The number of hydrogen-bond acceptors (Lipinski definition) is 4. The number of hydrogen-bond donors (Lipinski definition) is 1. The summed E-state index contributed by atoms with van der Waals surface area (Å²) >= 11 is 0. The quantitative estimate of drug-likeness (QED) is 0.772. The molecule has 18 heavy (non-hydrogen) atoms. The SMILES string of the molecule is CC(C)(C)OC(=O)N1CCCCO[C@H](C(=O)O)C1. The maximum atomic E-state index is 11.9. The first-order chi connectivity index (χ1) is 8.29. The van der Waals surface area contributed by atoms with Crippen LogP contribution in [0.25, 0.3) is 0 Å². The number of carbonyl (C=O) groups excluding carboxylic acids is 1. The van der Waals surface area contributed by atoms with Gasteiger partial charge in [-0.05, 0) is 33.6 Å². The van der Waals surface area contributed by atoms with E-state index in [1.165, 1.54) is 4.90 Å². The highest BCUT2D eigenvalue weighted by Crippen LogP contribution is 2.13. The minimum absolute atomic E-state index is 0.0320. The summed E-state index contributed by atoms with van der Waals surface area (Å²) in [6.45, 7) is 6.28. The third-order valence-corrected chi connectivity index (χ3v) is 2.45. The van der Waals surface area contributed by atoms with E-state index >= 15 is 0 Å². The molecule has 104 valence electrons. The molecule has 6 nitrogen and oxygen atoms in total. The number of nitrogens with zero attached hydrogens (tertiary/aromatic N) is 1. The van der Waals surface area contributed by atoms with Gasteiger partial charge in [0.2, 0.25) is 0 Å². The van der Waals surface area contributed by atoms with E-state index in [1.54, 1.807) is 20.8 Å². The first-order valence-corrected chi connectivity index (χ1v) is 6.12. The Morgan fingerprint density at radius 1 is 1.33 bits per heavy atom. The summed E-state index contributed by atoms with van der Waals surface area (Å²) < 4.78 is 10.4. The Morgan fingerprint density at radius 3 is 2.56 bits per heavy atom. The smallest absolute Gasteiger partial charge is 0.410 e. The van der Waals surface area contributed by atoms with Crippen molar-refractivity contribution in [1.29, 1.82) is 0 Å². The van der Waals surface area contributed by atoms with Gasteiger partial charge in [-0.3, -0.25) is 0 Å². The van der Waals surface area contributed by atoms with Crippen LogP contribution in [0.1, 0.15) is 33.6 Å². The topological polar surface area (TPSA) is 76.1 Å². The number of carboxylic acid groups (broad SMARTS) is 1. The molecular weight excluding hydrogens is 238 g/mol. The van der Waals surface area contributed by atoms with Crippen LogP contribution >= 0.6 is 0 Å². The van der Waals surface area contributed by atoms with E-state index in [2.05, 4.69) is 0 Å². The summed E-state index contributed by atoms with van der Waals surface area (Å²) in [5.74, 6) is -1.05. The fourth-order valence-corrected chi connectivity index (χ4v) is 1.62. The molecule has 1 atom stereocenters. The Balaban J connectivity index is 2.65. The van der Waals surface area contributed by atoms with E-state index in [9.17, 15) is 9.59 Å². The summed E-state index contributed by atoms with van der Waals surface area (Å²) in [6, 6.07) is 0. The van der Waals surface area contributed by atoms with Gasteiger partial charge in [-0.15, -0.1) is 0 Å². The minimum atomic E-state index is -1.05. The summed E-state index contributed by atoms with van der Waals surface area (Å²) in [4.78, 5) is 24.3. The van der Waals surface area contributed by atoms with Crippen molar-refractivity contribution in [3.63, 3.8) is 0 Å². The molecule has 1 N–H and O–H groups in total. The highest BCUT2D eigenvalue weighted by atomic mass is 16.6. The van der Waals surface area contributed by atoms with Crippen molar-refractivity contribution in [3.8, 4) is 0 Å². The zero-order chi connectivity index (χ0) is 13.8. The van der Waals surface area contributed by atoms with Crippen molar-refractivity contribution in [3.05, 3.63) is 0 Å². The van der Waals surface area contributed by atoms with Gasteiger partial charge in [0.25, 0.3) is 0 Å². The molecular formula is C12H21NO5. The molecule has 0 aromatic heterocycles. The Bertz CT molecular complexity index is 310. The summed E-state index contributed by atoms with van der Waals surface area (Å²) in [5, 5.41) is 8.98. The maximum Gasteiger partial charge on any atom is 0.410 e. The number of carbonyl (C=O) groups is 2. The van der Waals surface area contributed by atoms with Gasteiger partial charge in [-0.1, -0.05) is 0 Å². The lowest BCUT2D eigenvalue weighted by Gasteiger charge is -2.30. The van der Waals surface area contributed by atoms with E-state index in [-0.39, 0.29) is 6.54 Å². The van der Waals surface area contributed by atoms with Gasteiger partial charge in [0.05, 0.1) is 6.54 Å². The molecule has 0 unspecified atom stereocenters. The second-order valence-corrected chi connectivity index (χ2v) is 5.33. The van der Waals surface area contributed by atoms with Crippen molar-refractivity contribution < 1.29 is 24.2 Å². The van der Waals surface area contributed by atoms with Gasteiger partial charge in [-0.25, -0.2) is 9.59 Å². The molecule has 0 saturated carbocycles. The number of carboxylic acids is 1. The fourth-order valence-electron chi connectivity index (χ4n) is 1.62. The van der Waals surface area contributed by atoms with Crippen molar-refractivity contribution in [2.75, 3.05) is 19.7 Å². The Labute approximate surface area is 107 Å². The molecule has 0 radical (unpaired) electrons. The molecule has 1 aliphatic rings. The first-order valence-electron chi connectivity index (χ1n) is 6.12. The molecule has 1 fully saturated rings. The van der Waals surface area contributed by atoms with Gasteiger partial charge >= 0.3 is 12.1 Å². The largest absolute Gasteiger partial charge is 0.479 e. The van der Waals surface area contributed by atoms with Crippen molar-refractivity contribution in [2.24, 2.45) is 0 Å². The van der Waals surface area contributed by atoms with Crippen LogP contribution < -0.4 is 0 Å². The molecule has 0 aromatic carbocycles. The van der Waals surface area contributed by atoms with E-state index in [0.29, 0.717) is 13.2 Å². The predicted octanol–water partition coefficient (Wildman–Crippen LogP) is 1.49. The van der Waals surface area contributed by atoms with Gasteiger partial charge in [0.1, 0.15) is 5.60 Å². The molecule has 1 amide bonds. The van der Waals surface area contributed by atoms with Gasteiger partial charge in [0.15, 0.2) is 6.10 Å². The second-order valence-electron chi connectivity index (χ2n) is 5.33. The van der Waals surface area contributed by atoms with E-state index < -0.39 is 23.8 Å². The van der Waals surface area contributed by atoms with Crippen LogP contribution in [0.4, 0.5) is 4.79 Å². The van der Waals surface area contributed by atoms with Crippen LogP contribution in [-0.4, -0.2) is 53.5 Å². The molecule has 1 aliphatic heterocycles. The number of aliphatic carboxylic acids is 1. The molecule has 0 spiro atoms. The summed E-state index contributed by atoms with van der Waals surface area (Å²) in [5.41, 5.74) is -0.584. The van der Waals surface area contributed by atoms with Crippen LogP contribution in [0.2, 0.25) is 0 Å². The van der Waals surface area contributed by atoms with Gasteiger partial charge < -0.3 is 19.5 Å². The van der Waals surface area contributed by atoms with Crippen molar-refractivity contribution in [1.82, 2.24) is 4.90 Å². The highest BCUT2D eigenvalue weighted by Gasteiger charge is 2.29. The molecule has 1 saturated heterocycles. The van der Waals surface area contributed by atoms with Crippen LogP contribution in [0, 0.1) is 0 Å². The third kappa shape index (κ3) is 4.91. The number of amides is 1. The van der Waals surface area contributed by atoms with Crippen LogP contribution in [0.5, 0.6) is 0 Å². The zero-order valence-electron chi connectivity index (χ0n) is 11.1. The molecule has 0 aromatic rings. The average molecular weight is 259 g/mol. The highest BCUT2D eigenvalue weighted by molar-refractivity contribution is 5.74. The molecule has 1 heterocycles. The van der Waals surface area contributed by atoms with E-state index in [0.717, 1.165) is 12.8 Å². The van der Waals surface area contributed by atoms with E-state index in [4.69, 9.17) is 14.6 Å². The molecule has 6 heteroatoms. The molecule has 0 aliphatic carbocycles. The lowest BCUT2D eigenvalue weighted by Crippen LogP contribution is -2.45. The van der Waals surface area contributed by atoms with Crippen LogP contribution in [-0.2, 0) is 14.3 Å². The first kappa shape index (κ1) is 14.8. The Morgan fingerprint density at radius 2 is 2.00 bits per heavy atom. The minimum Gasteiger partial charge on any atom is -0.479 e. The Kier molecular flexibility index (Phi) is 4.95. The maximum absolute atomic E-state index is 11.9. The Hall–Kier alpha value is -1.30. The lowest BCUT2D eigenvalue weighted by molar-refractivity contribution is -0.152. The van der Waals surface area contributed by atoms with Gasteiger partial charge in [0, 0.05) is 13.2 Å². The monoisotopic (exact) mass is 259 g/mol. The molecule has 1 rings (SSSR count). The van der Waals surface area contributed by atoms with Crippen LogP contribution in [0.3, 0.4) is 0 Å². The summed E-state index contributed by atoms with van der Waals surface area (Å²) in [6.07, 6.45) is 0.0614. The zero-order valence-corrected chi connectivity index (χ0v) is 11.1. The fraction of sp³-hybridized carbons (Fsp3) is 0.833.